The summed E-state index contributed by atoms with van der Waals surface area (Å²) in [4.78, 5) is 4.42. The predicted octanol–water partition coefficient (Wildman–Crippen LogP) is 18.0. The Morgan fingerprint density at radius 2 is 0.700 bits per heavy atom. The van der Waals surface area contributed by atoms with E-state index in [0.29, 0.717) is 36.3 Å². The van der Waals surface area contributed by atoms with E-state index < -0.39 is 0 Å². The molecule has 0 aromatic heterocycles. The maximum atomic E-state index is 5.50. The summed E-state index contributed by atoms with van der Waals surface area (Å²) in [6.45, 7) is 65.6. The van der Waals surface area contributed by atoms with Gasteiger partial charge in [0.2, 0.25) is 0 Å². The molecule has 0 radical (unpaired) electrons. The van der Waals surface area contributed by atoms with Crippen molar-refractivity contribution in [2.45, 2.75) is 284 Å². The lowest BCUT2D eigenvalue weighted by atomic mass is 9.89. The number of allylic oxidation sites excluding steroid dienone is 3. The zero-order chi connectivity index (χ0) is 46.3. The molecule has 1 N–H and O–H groups in total. The van der Waals surface area contributed by atoms with E-state index in [-0.39, 0.29) is 68.6 Å². The fourth-order valence-corrected chi connectivity index (χ4v) is 2.98. The van der Waals surface area contributed by atoms with Crippen LogP contribution in [0.4, 0.5) is 0 Å². The van der Waals surface area contributed by atoms with Gasteiger partial charge in [-0.15, -0.1) is 0 Å². The van der Waals surface area contributed by atoms with E-state index in [1.807, 2.05) is 95.5 Å². The topological polar surface area (TPSA) is 61.3 Å². The summed E-state index contributed by atoms with van der Waals surface area (Å²) in [5.41, 5.74) is 1.37. The van der Waals surface area contributed by atoms with Gasteiger partial charge in [-0.2, -0.15) is 0 Å². The third-order valence-electron chi connectivity index (χ3n) is 5.77. The van der Waals surface area contributed by atoms with Crippen LogP contribution in [0.5, 0.6) is 0 Å². The van der Waals surface area contributed by atoms with E-state index in [1.54, 1.807) is 0 Å². The number of rotatable bonds is 8. The first kappa shape index (κ1) is 79.2. The van der Waals surface area contributed by atoms with Crippen LogP contribution in [0.1, 0.15) is 250 Å². The van der Waals surface area contributed by atoms with Gasteiger partial charge in [-0.25, -0.2) is 0 Å². The molecule has 0 amide bonds. The Bertz CT molecular complexity index is 901. The molecule has 0 heterocycles. The molecule has 0 bridgehead atoms. The fraction of sp³-hybridized carbons (Fsp3) is 0.907. The first-order valence-corrected chi connectivity index (χ1v) is 21.3. The standard InChI is InChI=1S/C11H22.2C10H21N.C10H22O2.C9H20O2.4CH4/c1-10(2,3)8-7-9-11(4,5)6;2*1-9(2,3)7-8-11-10(4,5)6;1-9(2,3)11-7-8-12-10(4,5)6;1-8(2,3)10-7-11-9(4,5)6;;;;/h7-8H,9H2,1-6H3;8H,7H2,1-6H3;7-8,11H,1-6H3;7-8H2,1-6H3;7H2,1-6H3;4*1H4/b8-7-;;8-7-;;;;;;. The van der Waals surface area contributed by atoms with Crippen molar-refractivity contribution in [1.29, 1.82) is 0 Å². The van der Waals surface area contributed by atoms with Gasteiger partial charge in [0.25, 0.3) is 0 Å². The van der Waals surface area contributed by atoms with E-state index in [9.17, 15) is 0 Å². The predicted molar refractivity (Wildman–Crippen MR) is 281 cm³/mol. The molecule has 0 atom stereocenters. The number of nitrogens with one attached hydrogen (secondary N) is 1. The first-order valence-electron chi connectivity index (χ1n) is 21.3. The average molecular weight is 864 g/mol. The summed E-state index contributed by atoms with van der Waals surface area (Å²) in [5, 5.41) is 3.30. The lowest BCUT2D eigenvalue weighted by molar-refractivity contribution is -0.163. The number of hydrogen-bond acceptors (Lipinski definition) is 6. The van der Waals surface area contributed by atoms with E-state index in [2.05, 4.69) is 153 Å². The van der Waals surface area contributed by atoms with Crippen molar-refractivity contribution in [1.82, 2.24) is 5.32 Å². The third kappa shape index (κ3) is 112. The Labute approximate surface area is 384 Å². The van der Waals surface area contributed by atoms with Crippen LogP contribution in [0.2, 0.25) is 0 Å². The van der Waals surface area contributed by atoms with Crippen molar-refractivity contribution < 1.29 is 18.9 Å². The van der Waals surface area contributed by atoms with Crippen LogP contribution in [0.15, 0.2) is 29.4 Å². The molecule has 0 aliphatic rings. The van der Waals surface area contributed by atoms with Crippen LogP contribution in [0.25, 0.3) is 0 Å². The largest absolute Gasteiger partial charge is 0.387 e. The molecule has 0 aliphatic carbocycles. The molecule has 0 aromatic carbocycles. The SMILES string of the molecule is C.C.C.C.CC(C)(C)/C=C\CC(C)(C)C.CC(C)(C)/C=C\NC(C)(C)C.CC(C)(C)CC=NC(C)(C)C.CC(C)(C)OCCOC(C)(C)C.CC(C)(C)OCOC(C)(C)C. The summed E-state index contributed by atoms with van der Waals surface area (Å²) >= 11 is 0. The van der Waals surface area contributed by atoms with E-state index >= 15 is 0 Å². The summed E-state index contributed by atoms with van der Waals surface area (Å²) in [7, 11) is 0. The molecule has 0 saturated carbocycles. The van der Waals surface area contributed by atoms with Gasteiger partial charge in [0.1, 0.15) is 6.79 Å². The van der Waals surface area contributed by atoms with Crippen molar-refractivity contribution >= 4 is 6.21 Å². The lowest BCUT2D eigenvalue weighted by Crippen LogP contribution is -2.31. The van der Waals surface area contributed by atoms with Gasteiger partial charge in [-0.05, 0) is 172 Å². The molecule has 60 heavy (non-hydrogen) atoms. The molecule has 0 fully saturated rings. The molecule has 6 heteroatoms. The number of nitrogens with zero attached hydrogens (tertiary/aromatic N) is 1. The normalized spacial score (nSPS) is 13.0. The van der Waals surface area contributed by atoms with Crippen LogP contribution in [-0.4, -0.2) is 59.7 Å². The number of aliphatic imine (C=N–C) groups is 1. The van der Waals surface area contributed by atoms with Crippen molar-refractivity contribution in [3.8, 4) is 0 Å². The molecule has 0 aliphatic heterocycles. The van der Waals surface area contributed by atoms with E-state index in [0.717, 1.165) is 6.42 Å². The van der Waals surface area contributed by atoms with Crippen molar-refractivity contribution in [2.24, 2.45) is 26.7 Å². The maximum Gasteiger partial charge on any atom is 0.148 e. The molecule has 0 spiro atoms. The zero-order valence-electron chi connectivity index (χ0n) is 44.0. The summed E-state index contributed by atoms with van der Waals surface area (Å²) in [6.07, 6.45) is 13.1. The zero-order valence-corrected chi connectivity index (χ0v) is 44.0. The first-order chi connectivity index (χ1) is 24.0. The Morgan fingerprint density at radius 1 is 0.400 bits per heavy atom. The Hall–Kier alpha value is -1.21. The van der Waals surface area contributed by atoms with Crippen LogP contribution >= 0.6 is 0 Å². The second kappa shape index (κ2) is 33.3. The Balaban J connectivity index is -0.0000000762. The molecule has 0 unspecified atom stereocenters. The van der Waals surface area contributed by atoms with Crippen LogP contribution in [-0.2, 0) is 18.9 Å². The van der Waals surface area contributed by atoms with E-state index in [1.165, 1.54) is 6.42 Å². The molecule has 372 valence electrons. The smallest absolute Gasteiger partial charge is 0.148 e. The minimum atomic E-state index is -0.106. The van der Waals surface area contributed by atoms with Crippen LogP contribution < -0.4 is 5.32 Å². The highest BCUT2D eigenvalue weighted by Gasteiger charge is 2.15. The minimum absolute atomic E-state index is 0. The highest BCUT2D eigenvalue weighted by Crippen LogP contribution is 2.22. The van der Waals surface area contributed by atoms with Crippen molar-refractivity contribution in [3.63, 3.8) is 0 Å². The fourth-order valence-electron chi connectivity index (χ4n) is 2.98. The van der Waals surface area contributed by atoms with Gasteiger partial charge in [0, 0.05) is 5.54 Å². The van der Waals surface area contributed by atoms with Gasteiger partial charge in [0.15, 0.2) is 0 Å². The van der Waals surface area contributed by atoms with Crippen molar-refractivity contribution in [3.05, 3.63) is 24.4 Å². The van der Waals surface area contributed by atoms with Crippen LogP contribution in [0.3, 0.4) is 0 Å². The molecule has 6 nitrogen and oxygen atoms in total. The monoisotopic (exact) mass is 863 g/mol. The Kier molecular flexibility index (Phi) is 44.0. The lowest BCUT2D eigenvalue weighted by Gasteiger charge is -2.24. The average Bonchev–Trinajstić information content (AvgIpc) is 2.80. The van der Waals surface area contributed by atoms with Gasteiger partial charge < -0.3 is 24.3 Å². The van der Waals surface area contributed by atoms with Gasteiger partial charge in [0.05, 0.1) is 41.2 Å². The number of ether oxygens (including phenoxy) is 4. The van der Waals surface area contributed by atoms with Crippen LogP contribution in [0, 0.1) is 21.7 Å². The second-order valence-electron chi connectivity index (χ2n) is 25.4. The van der Waals surface area contributed by atoms with Gasteiger partial charge in [-0.1, -0.05) is 131 Å². The quantitative estimate of drug-likeness (QED) is 0.114. The molecular formula is C54H122N2O4. The maximum absolute atomic E-state index is 5.50. The molecular weight excluding hydrogens is 741 g/mol. The summed E-state index contributed by atoms with van der Waals surface area (Å²) in [5.74, 6) is 0. The highest BCUT2D eigenvalue weighted by atomic mass is 16.7. The third-order valence-corrected chi connectivity index (χ3v) is 5.77. The highest BCUT2D eigenvalue weighted by molar-refractivity contribution is 5.58. The summed E-state index contributed by atoms with van der Waals surface area (Å²) < 4.78 is 21.8. The second-order valence-corrected chi connectivity index (χ2v) is 25.4. The summed E-state index contributed by atoms with van der Waals surface area (Å²) in [6, 6.07) is 0. The molecule has 0 rings (SSSR count). The number of hydrogen-bond donors (Lipinski definition) is 1. The van der Waals surface area contributed by atoms with Gasteiger partial charge in [-0.3, -0.25) is 4.99 Å². The van der Waals surface area contributed by atoms with Crippen molar-refractivity contribution in [2.75, 3.05) is 20.0 Å². The van der Waals surface area contributed by atoms with Gasteiger partial charge >= 0.3 is 0 Å². The molecule has 0 aromatic rings. The molecule has 0 saturated heterocycles. The Morgan fingerprint density at radius 3 is 0.917 bits per heavy atom. The van der Waals surface area contributed by atoms with E-state index in [4.69, 9.17) is 18.9 Å². The minimum Gasteiger partial charge on any atom is -0.387 e.